The van der Waals surface area contributed by atoms with Crippen molar-refractivity contribution in [1.29, 1.82) is 0 Å². The number of nitrogens with zero attached hydrogens (tertiary/aromatic N) is 2. The summed E-state index contributed by atoms with van der Waals surface area (Å²) in [5.74, 6) is 0. The number of nitrogens with one attached hydrogen (secondary N) is 4. The van der Waals surface area contributed by atoms with E-state index in [0.29, 0.717) is 6.67 Å². The Balaban J connectivity index is 0.000000180. The van der Waals surface area contributed by atoms with E-state index in [-0.39, 0.29) is 0 Å². The van der Waals surface area contributed by atoms with Gasteiger partial charge in [-0.15, -0.1) is 0 Å². The van der Waals surface area contributed by atoms with Gasteiger partial charge in [0.1, 0.15) is 0 Å². The van der Waals surface area contributed by atoms with Crippen molar-refractivity contribution < 1.29 is 9.59 Å². The first kappa shape index (κ1) is 14.4. The molecule has 2 aliphatic heterocycles. The van der Waals surface area contributed by atoms with E-state index in [1.54, 1.807) is 10.1 Å². The second-order valence-corrected chi connectivity index (χ2v) is 3.79. The lowest BCUT2D eigenvalue weighted by atomic mass is 10.5. The van der Waals surface area contributed by atoms with Crippen molar-refractivity contribution in [1.82, 2.24) is 31.7 Å². The number of amides is 4. The monoisotopic (exact) mass is 260 g/mol. The molecule has 0 aromatic heterocycles. The molecule has 0 aromatic carbocycles. The fraction of sp³-hybridized carbons (Fsp3) is 0.750. The van der Waals surface area contributed by atoms with Gasteiger partial charge in [0, 0.05) is 26.2 Å². The number of hydrogen-bond acceptors (Lipinski definition) is 6. The molecule has 2 aliphatic rings. The summed E-state index contributed by atoms with van der Waals surface area (Å²) in [4.78, 5) is 20.4. The lowest BCUT2D eigenvalue weighted by molar-refractivity contribution is 0.168. The van der Waals surface area contributed by atoms with Crippen LogP contribution < -0.4 is 33.1 Å². The first-order valence-electron chi connectivity index (χ1n) is 5.67. The maximum absolute atomic E-state index is 10.2. The first-order chi connectivity index (χ1) is 8.58. The van der Waals surface area contributed by atoms with E-state index < -0.39 is 12.1 Å². The SMILES string of the molecule is NC(=O)NN1CCCN1.NC(=O)NN1CCNC1. The Morgan fingerprint density at radius 1 is 1.06 bits per heavy atom. The van der Waals surface area contributed by atoms with Gasteiger partial charge < -0.3 is 16.8 Å². The second-order valence-electron chi connectivity index (χ2n) is 3.79. The van der Waals surface area contributed by atoms with Crippen molar-refractivity contribution in [2.45, 2.75) is 6.42 Å². The molecule has 0 atom stereocenters. The van der Waals surface area contributed by atoms with Crippen LogP contribution >= 0.6 is 0 Å². The number of rotatable bonds is 2. The molecule has 4 amide bonds. The summed E-state index contributed by atoms with van der Waals surface area (Å²) in [7, 11) is 0. The molecule has 0 unspecified atom stereocenters. The first-order valence-corrected chi connectivity index (χ1v) is 5.67. The van der Waals surface area contributed by atoms with Gasteiger partial charge in [-0.25, -0.2) is 20.0 Å². The highest BCUT2D eigenvalue weighted by Crippen LogP contribution is 1.89. The molecule has 2 saturated heterocycles. The summed E-state index contributed by atoms with van der Waals surface area (Å²) in [6.45, 7) is 4.13. The molecule has 0 saturated carbocycles. The van der Waals surface area contributed by atoms with Gasteiger partial charge in [0.05, 0.1) is 6.67 Å². The largest absolute Gasteiger partial charge is 0.351 e. The fourth-order valence-electron chi connectivity index (χ4n) is 1.52. The van der Waals surface area contributed by atoms with Gasteiger partial charge in [0.15, 0.2) is 0 Å². The minimum absolute atomic E-state index is 0.501. The normalized spacial score (nSPS) is 20.0. The Labute approximate surface area is 105 Å². The van der Waals surface area contributed by atoms with Crippen LogP contribution in [0.2, 0.25) is 0 Å². The summed E-state index contributed by atoms with van der Waals surface area (Å²) < 4.78 is 0. The summed E-state index contributed by atoms with van der Waals surface area (Å²) >= 11 is 0. The smallest absolute Gasteiger partial charge is 0.327 e. The van der Waals surface area contributed by atoms with E-state index in [0.717, 1.165) is 32.6 Å². The summed E-state index contributed by atoms with van der Waals surface area (Å²) in [6.07, 6.45) is 1.04. The van der Waals surface area contributed by atoms with Crippen LogP contribution in [0, 0.1) is 0 Å². The molecule has 2 fully saturated rings. The van der Waals surface area contributed by atoms with Crippen molar-refractivity contribution >= 4 is 12.1 Å². The zero-order valence-corrected chi connectivity index (χ0v) is 10.1. The molecule has 0 bridgehead atoms. The third-order valence-electron chi connectivity index (χ3n) is 2.24. The third kappa shape index (κ3) is 6.20. The molecule has 104 valence electrons. The molecular formula is C8H20N8O2. The molecule has 0 aromatic rings. The summed E-state index contributed by atoms with van der Waals surface area (Å²) in [6, 6.07) is -1.02. The molecule has 0 radical (unpaired) electrons. The molecular weight excluding hydrogens is 240 g/mol. The lowest BCUT2D eigenvalue weighted by Crippen LogP contribution is -2.48. The highest BCUT2D eigenvalue weighted by molar-refractivity contribution is 5.71. The molecule has 0 spiro atoms. The molecule has 2 rings (SSSR count). The predicted molar refractivity (Wildman–Crippen MR) is 64.3 cm³/mol. The van der Waals surface area contributed by atoms with Crippen LogP contribution in [0.4, 0.5) is 9.59 Å². The van der Waals surface area contributed by atoms with Crippen LogP contribution in [0.5, 0.6) is 0 Å². The molecule has 8 N–H and O–H groups in total. The molecule has 0 aliphatic carbocycles. The van der Waals surface area contributed by atoms with Crippen LogP contribution in [0.25, 0.3) is 0 Å². The molecule has 2 heterocycles. The number of hydrogen-bond donors (Lipinski definition) is 6. The number of primary amides is 2. The van der Waals surface area contributed by atoms with Crippen LogP contribution in [-0.2, 0) is 0 Å². The fourth-order valence-corrected chi connectivity index (χ4v) is 1.52. The van der Waals surface area contributed by atoms with Crippen molar-refractivity contribution in [3.8, 4) is 0 Å². The standard InChI is InChI=1S/2C4H10N4O/c5-4(9)7-8-2-1-6-3-8;5-4(9)7-8-3-1-2-6-8/h2*6H,1-3H2,(H3,5,7,9). The van der Waals surface area contributed by atoms with E-state index >= 15 is 0 Å². The maximum Gasteiger partial charge on any atom is 0.327 e. The minimum Gasteiger partial charge on any atom is -0.351 e. The van der Waals surface area contributed by atoms with Gasteiger partial charge in [0.2, 0.25) is 0 Å². The van der Waals surface area contributed by atoms with Crippen molar-refractivity contribution in [2.24, 2.45) is 11.5 Å². The van der Waals surface area contributed by atoms with E-state index in [1.165, 1.54) is 0 Å². The Morgan fingerprint density at radius 2 is 1.78 bits per heavy atom. The minimum atomic E-state index is -0.524. The zero-order chi connectivity index (χ0) is 13.4. The van der Waals surface area contributed by atoms with Gasteiger partial charge in [0.25, 0.3) is 0 Å². The predicted octanol–water partition coefficient (Wildman–Crippen LogP) is -2.79. The Bertz CT molecular complexity index is 246. The second kappa shape index (κ2) is 7.66. The topological polar surface area (TPSA) is 141 Å². The van der Waals surface area contributed by atoms with Crippen LogP contribution in [-0.4, -0.2) is 55.0 Å². The zero-order valence-electron chi connectivity index (χ0n) is 10.1. The van der Waals surface area contributed by atoms with E-state index in [4.69, 9.17) is 11.5 Å². The van der Waals surface area contributed by atoms with Crippen molar-refractivity contribution in [2.75, 3.05) is 32.8 Å². The van der Waals surface area contributed by atoms with Crippen LogP contribution in [0.1, 0.15) is 6.42 Å². The lowest BCUT2D eigenvalue weighted by Gasteiger charge is -2.13. The Hall–Kier alpha value is -1.62. The Morgan fingerprint density at radius 3 is 2.22 bits per heavy atom. The van der Waals surface area contributed by atoms with E-state index in [9.17, 15) is 9.59 Å². The van der Waals surface area contributed by atoms with Crippen LogP contribution in [0.15, 0.2) is 0 Å². The number of urea groups is 2. The maximum atomic E-state index is 10.2. The molecule has 18 heavy (non-hydrogen) atoms. The van der Waals surface area contributed by atoms with E-state index in [2.05, 4.69) is 21.6 Å². The third-order valence-corrected chi connectivity index (χ3v) is 2.24. The van der Waals surface area contributed by atoms with Crippen molar-refractivity contribution in [3.63, 3.8) is 0 Å². The highest BCUT2D eigenvalue weighted by atomic mass is 16.2. The summed E-state index contributed by atoms with van der Waals surface area (Å²) in [5, 5.41) is 6.34. The quantitative estimate of drug-likeness (QED) is 0.317. The van der Waals surface area contributed by atoms with Gasteiger partial charge >= 0.3 is 12.1 Å². The number of carbonyl (C=O) groups excluding carboxylic acids is 2. The number of carbonyl (C=O) groups is 2. The molecule has 10 heteroatoms. The number of nitrogens with two attached hydrogens (primary N) is 2. The highest BCUT2D eigenvalue weighted by Gasteiger charge is 2.11. The average molecular weight is 260 g/mol. The summed E-state index contributed by atoms with van der Waals surface area (Å²) in [5.41, 5.74) is 17.5. The van der Waals surface area contributed by atoms with Gasteiger partial charge in [-0.2, -0.15) is 5.12 Å². The number of hydrazine groups is 3. The molecule has 10 nitrogen and oxygen atoms in total. The van der Waals surface area contributed by atoms with Gasteiger partial charge in [-0.3, -0.25) is 10.9 Å². The van der Waals surface area contributed by atoms with E-state index in [1.807, 2.05) is 0 Å². The Kier molecular flexibility index (Phi) is 6.14. The van der Waals surface area contributed by atoms with Crippen molar-refractivity contribution in [3.05, 3.63) is 0 Å². The van der Waals surface area contributed by atoms with Gasteiger partial charge in [-0.05, 0) is 6.42 Å². The van der Waals surface area contributed by atoms with Gasteiger partial charge in [-0.1, -0.05) is 0 Å². The van der Waals surface area contributed by atoms with Crippen LogP contribution in [0.3, 0.4) is 0 Å². The average Bonchev–Trinajstić information content (AvgIpc) is 2.90.